The molecule has 0 spiro atoms. The van der Waals surface area contributed by atoms with Crippen LogP contribution in [-0.2, 0) is 16.0 Å². The highest BCUT2D eigenvalue weighted by Crippen LogP contribution is 2.29. The Morgan fingerprint density at radius 1 is 1.28 bits per heavy atom. The molecule has 0 aliphatic carbocycles. The summed E-state index contributed by atoms with van der Waals surface area (Å²) in [5.41, 5.74) is 1.59. The van der Waals surface area contributed by atoms with Gasteiger partial charge in [-0.15, -0.1) is 0 Å². The van der Waals surface area contributed by atoms with Crippen LogP contribution in [-0.4, -0.2) is 29.6 Å². The molecule has 0 saturated heterocycles. The molecule has 7 heteroatoms. The Bertz CT molecular complexity index is 933. The normalized spacial score (nSPS) is 13.1. The van der Waals surface area contributed by atoms with E-state index in [1.54, 1.807) is 19.9 Å². The Labute approximate surface area is 170 Å². The number of unbranched alkanes of at least 4 members (excludes halogenated alkanes) is 1. The fourth-order valence-corrected chi connectivity index (χ4v) is 3.18. The second kappa shape index (κ2) is 10.1. The lowest BCUT2D eigenvalue weighted by Gasteiger charge is -2.20. The lowest BCUT2D eigenvalue weighted by atomic mass is 9.99. The number of ether oxygens (including phenoxy) is 1. The van der Waals surface area contributed by atoms with Crippen LogP contribution in [0.15, 0.2) is 27.4 Å². The highest BCUT2D eigenvalue weighted by molar-refractivity contribution is 5.86. The molecule has 7 nitrogen and oxygen atoms in total. The fraction of sp³-hybridized carbons (Fsp3) is 0.500. The van der Waals surface area contributed by atoms with Crippen LogP contribution in [0.4, 0.5) is 0 Å². The number of benzene rings is 1. The monoisotopic (exact) mass is 403 g/mol. The maximum Gasteiger partial charge on any atom is 0.336 e. The van der Waals surface area contributed by atoms with Gasteiger partial charge in [0.2, 0.25) is 0 Å². The average molecular weight is 403 g/mol. The van der Waals surface area contributed by atoms with Crippen molar-refractivity contribution in [2.45, 2.75) is 59.4 Å². The predicted molar refractivity (Wildman–Crippen MR) is 110 cm³/mol. The molecule has 1 aromatic carbocycles. The number of hydrogen-bond donors (Lipinski definition) is 2. The Kier molecular flexibility index (Phi) is 7.82. The van der Waals surface area contributed by atoms with Gasteiger partial charge in [-0.3, -0.25) is 4.79 Å². The topological polar surface area (TPSA) is 106 Å². The van der Waals surface area contributed by atoms with Crippen molar-refractivity contribution in [2.24, 2.45) is 5.92 Å². The quantitative estimate of drug-likeness (QED) is 0.589. The number of carboxylic acid groups (broad SMARTS) is 1. The molecule has 158 valence electrons. The van der Waals surface area contributed by atoms with E-state index in [0.717, 1.165) is 30.2 Å². The van der Waals surface area contributed by atoms with E-state index >= 15 is 0 Å². The lowest BCUT2D eigenvalue weighted by Crippen LogP contribution is -2.46. The molecule has 0 aliphatic rings. The van der Waals surface area contributed by atoms with Crippen molar-refractivity contribution in [1.82, 2.24) is 5.32 Å². The van der Waals surface area contributed by atoms with E-state index in [0.29, 0.717) is 23.3 Å². The number of rotatable bonds is 10. The molecule has 0 unspecified atom stereocenters. The van der Waals surface area contributed by atoms with Gasteiger partial charge < -0.3 is 19.6 Å². The molecule has 2 aromatic rings. The third-order valence-electron chi connectivity index (χ3n) is 5.15. The molecule has 0 aliphatic heterocycles. The second-order valence-corrected chi connectivity index (χ2v) is 7.32. The standard InChI is InChI=1S/C22H29NO6/c1-5-7-8-15-11-19(25)29-21-14(4)17(10-9-16(15)21)28-12-18(24)23-20(22(26)27)13(3)6-2/h9-11,13,20H,5-8,12H2,1-4H3,(H,23,24)(H,26,27)/t13-,20+/m1/s1. The number of carboxylic acids is 1. The lowest BCUT2D eigenvalue weighted by molar-refractivity contribution is -0.143. The van der Waals surface area contributed by atoms with Crippen molar-refractivity contribution >= 4 is 22.8 Å². The molecule has 29 heavy (non-hydrogen) atoms. The van der Waals surface area contributed by atoms with Gasteiger partial charge in [0.15, 0.2) is 6.61 Å². The van der Waals surface area contributed by atoms with Gasteiger partial charge in [0.05, 0.1) is 0 Å². The largest absolute Gasteiger partial charge is 0.483 e. The first-order valence-corrected chi connectivity index (χ1v) is 9.99. The molecule has 0 bridgehead atoms. The van der Waals surface area contributed by atoms with Crippen molar-refractivity contribution in [1.29, 1.82) is 0 Å². The zero-order chi connectivity index (χ0) is 21.6. The smallest absolute Gasteiger partial charge is 0.336 e. The number of aliphatic carboxylic acids is 1. The molecule has 2 rings (SSSR count). The highest BCUT2D eigenvalue weighted by Gasteiger charge is 2.25. The fourth-order valence-electron chi connectivity index (χ4n) is 3.18. The predicted octanol–water partition coefficient (Wildman–Crippen LogP) is 3.44. The van der Waals surface area contributed by atoms with Crippen LogP contribution in [0.2, 0.25) is 0 Å². The summed E-state index contributed by atoms with van der Waals surface area (Å²) in [5.74, 6) is -1.38. The number of hydrogen-bond acceptors (Lipinski definition) is 5. The van der Waals surface area contributed by atoms with Gasteiger partial charge in [-0.05, 0) is 43.4 Å². The van der Waals surface area contributed by atoms with Crippen LogP contribution >= 0.6 is 0 Å². The van der Waals surface area contributed by atoms with Gasteiger partial charge in [-0.2, -0.15) is 0 Å². The summed E-state index contributed by atoms with van der Waals surface area (Å²) in [7, 11) is 0. The summed E-state index contributed by atoms with van der Waals surface area (Å²) in [6.45, 7) is 7.16. The molecular weight excluding hydrogens is 374 g/mol. The summed E-state index contributed by atoms with van der Waals surface area (Å²) in [6.07, 6.45) is 3.40. The minimum atomic E-state index is -1.07. The second-order valence-electron chi connectivity index (χ2n) is 7.32. The zero-order valence-electron chi connectivity index (χ0n) is 17.4. The van der Waals surface area contributed by atoms with Crippen LogP contribution in [0, 0.1) is 12.8 Å². The van der Waals surface area contributed by atoms with Crippen LogP contribution in [0.25, 0.3) is 11.0 Å². The summed E-state index contributed by atoms with van der Waals surface area (Å²) in [6, 6.07) is 4.12. The maximum absolute atomic E-state index is 12.2. The molecule has 0 fully saturated rings. The van der Waals surface area contributed by atoms with E-state index in [4.69, 9.17) is 9.15 Å². The Morgan fingerprint density at radius 2 is 2.00 bits per heavy atom. The van der Waals surface area contributed by atoms with Gasteiger partial charge in [-0.1, -0.05) is 33.6 Å². The van der Waals surface area contributed by atoms with Crippen molar-refractivity contribution in [3.63, 3.8) is 0 Å². The van der Waals surface area contributed by atoms with Crippen LogP contribution < -0.4 is 15.7 Å². The third kappa shape index (κ3) is 5.59. The summed E-state index contributed by atoms with van der Waals surface area (Å²) in [5, 5.41) is 12.6. The Morgan fingerprint density at radius 3 is 2.62 bits per heavy atom. The third-order valence-corrected chi connectivity index (χ3v) is 5.15. The molecule has 1 aromatic heterocycles. The minimum Gasteiger partial charge on any atom is -0.483 e. The van der Waals surface area contributed by atoms with Gasteiger partial charge in [0.25, 0.3) is 5.91 Å². The summed E-state index contributed by atoms with van der Waals surface area (Å²) >= 11 is 0. The molecular formula is C22H29NO6. The number of nitrogens with one attached hydrogen (secondary N) is 1. The molecule has 0 saturated carbocycles. The summed E-state index contributed by atoms with van der Waals surface area (Å²) in [4.78, 5) is 35.5. The van der Waals surface area contributed by atoms with Gasteiger partial charge >= 0.3 is 11.6 Å². The van der Waals surface area contributed by atoms with Crippen molar-refractivity contribution in [3.8, 4) is 5.75 Å². The molecule has 2 N–H and O–H groups in total. The van der Waals surface area contributed by atoms with Crippen LogP contribution in [0.3, 0.4) is 0 Å². The van der Waals surface area contributed by atoms with Crippen LogP contribution in [0.5, 0.6) is 5.75 Å². The first kappa shape index (κ1) is 22.5. The number of aryl methyl sites for hydroxylation is 2. The number of amides is 1. The number of carbonyl (C=O) groups excluding carboxylic acids is 1. The van der Waals surface area contributed by atoms with Crippen molar-refractivity contribution in [2.75, 3.05) is 6.61 Å². The molecule has 1 amide bonds. The zero-order valence-corrected chi connectivity index (χ0v) is 17.4. The van der Waals surface area contributed by atoms with Crippen molar-refractivity contribution < 1.29 is 23.8 Å². The Balaban J connectivity index is 2.18. The molecule has 1 heterocycles. The van der Waals surface area contributed by atoms with Gasteiger partial charge in [0, 0.05) is 17.0 Å². The highest BCUT2D eigenvalue weighted by atomic mass is 16.5. The number of fused-ring (bicyclic) bond motifs is 1. The first-order valence-electron chi connectivity index (χ1n) is 9.99. The van der Waals surface area contributed by atoms with Gasteiger partial charge in [-0.25, -0.2) is 9.59 Å². The maximum atomic E-state index is 12.2. The van der Waals surface area contributed by atoms with E-state index in [1.807, 2.05) is 13.0 Å². The SMILES string of the molecule is CCCCc1cc(=O)oc2c(C)c(OCC(=O)N[C@H](C(=O)O)[C@H](C)CC)ccc12. The molecule has 0 radical (unpaired) electrons. The van der Waals surface area contributed by atoms with Gasteiger partial charge in [0.1, 0.15) is 17.4 Å². The van der Waals surface area contributed by atoms with Crippen LogP contribution in [0.1, 0.15) is 51.2 Å². The molecule has 2 atom stereocenters. The van der Waals surface area contributed by atoms with E-state index in [2.05, 4.69) is 12.2 Å². The summed E-state index contributed by atoms with van der Waals surface area (Å²) < 4.78 is 11.0. The average Bonchev–Trinajstić information content (AvgIpc) is 2.69. The first-order chi connectivity index (χ1) is 13.8. The van der Waals surface area contributed by atoms with E-state index in [1.165, 1.54) is 6.07 Å². The minimum absolute atomic E-state index is 0.199. The van der Waals surface area contributed by atoms with E-state index in [-0.39, 0.29) is 12.5 Å². The number of carbonyl (C=O) groups is 2. The van der Waals surface area contributed by atoms with E-state index < -0.39 is 23.5 Å². The van der Waals surface area contributed by atoms with Crippen molar-refractivity contribution in [3.05, 3.63) is 39.7 Å². The Hall–Kier alpha value is -2.83. The van der Waals surface area contributed by atoms with E-state index in [9.17, 15) is 19.5 Å².